The minimum absolute atomic E-state index is 0.385. The predicted molar refractivity (Wildman–Crippen MR) is 70.3 cm³/mol. The van der Waals surface area contributed by atoms with Gasteiger partial charge in [-0.2, -0.15) is 0 Å². The number of hydrogen-bond acceptors (Lipinski definition) is 3. The van der Waals surface area contributed by atoms with Crippen LogP contribution in [-0.4, -0.2) is 22.9 Å². The summed E-state index contributed by atoms with van der Waals surface area (Å²) in [7, 11) is 3.43. The van der Waals surface area contributed by atoms with E-state index in [1.165, 1.54) is 0 Å². The van der Waals surface area contributed by atoms with Crippen molar-refractivity contribution in [3.63, 3.8) is 0 Å². The zero-order valence-corrected chi connectivity index (χ0v) is 11.2. The van der Waals surface area contributed by atoms with Crippen molar-refractivity contribution in [3.8, 4) is 17.0 Å². The maximum atomic E-state index is 11.1. The fourth-order valence-electron chi connectivity index (χ4n) is 1.90. The van der Waals surface area contributed by atoms with Gasteiger partial charge in [0.15, 0.2) is 6.29 Å². The zero-order valence-electron chi connectivity index (χ0n) is 10.4. The third-order valence-electron chi connectivity index (χ3n) is 2.87. The van der Waals surface area contributed by atoms with Crippen molar-refractivity contribution < 1.29 is 9.53 Å². The number of nitrogens with zero attached hydrogens (tertiary/aromatic N) is 2. The number of aromatic nitrogens is 2. The van der Waals surface area contributed by atoms with Crippen LogP contribution in [0.4, 0.5) is 0 Å². The van der Waals surface area contributed by atoms with Crippen LogP contribution in [0.5, 0.6) is 5.75 Å². The van der Waals surface area contributed by atoms with E-state index in [2.05, 4.69) is 4.98 Å². The van der Waals surface area contributed by atoms with Gasteiger partial charge in [-0.05, 0) is 25.1 Å². The molecule has 0 aliphatic carbocycles. The topological polar surface area (TPSA) is 44.1 Å². The maximum Gasteiger partial charge on any atom is 0.170 e. The summed E-state index contributed by atoms with van der Waals surface area (Å²) in [5, 5.41) is 0.585. The Bertz CT molecular complexity index is 605. The fraction of sp³-hybridized carbons (Fsp3) is 0.231. The molecule has 0 amide bonds. The van der Waals surface area contributed by atoms with Crippen LogP contribution in [0.2, 0.25) is 5.02 Å². The van der Waals surface area contributed by atoms with Crippen LogP contribution < -0.4 is 4.74 Å². The smallest absolute Gasteiger partial charge is 0.170 e. The molecule has 0 aliphatic heterocycles. The number of aldehydes is 1. The lowest BCUT2D eigenvalue weighted by Crippen LogP contribution is -1.98. The highest BCUT2D eigenvalue weighted by molar-refractivity contribution is 6.31. The van der Waals surface area contributed by atoms with Crippen molar-refractivity contribution in [1.82, 2.24) is 9.55 Å². The van der Waals surface area contributed by atoms with E-state index in [9.17, 15) is 4.79 Å². The molecule has 1 aromatic heterocycles. The average molecular weight is 265 g/mol. The number of imidazole rings is 1. The Morgan fingerprint density at radius 2 is 2.17 bits per heavy atom. The first kappa shape index (κ1) is 12.6. The van der Waals surface area contributed by atoms with E-state index < -0.39 is 0 Å². The van der Waals surface area contributed by atoms with Crippen LogP contribution >= 0.6 is 11.6 Å². The van der Waals surface area contributed by atoms with Crippen molar-refractivity contribution in [2.75, 3.05) is 7.11 Å². The van der Waals surface area contributed by atoms with E-state index in [0.717, 1.165) is 17.7 Å². The van der Waals surface area contributed by atoms with Gasteiger partial charge in [0.05, 0.1) is 12.8 Å². The number of halogens is 1. The Morgan fingerprint density at radius 3 is 2.78 bits per heavy atom. The lowest BCUT2D eigenvalue weighted by atomic mass is 10.1. The molecule has 0 N–H and O–H groups in total. The highest BCUT2D eigenvalue weighted by Gasteiger charge is 2.17. The number of rotatable bonds is 3. The standard InChI is InChI=1S/C13H13ClN2O2/c1-8-15-11(7-17)13(16(8)2)10-6-9(14)4-5-12(10)18-3/h4-7H,1-3H3. The molecule has 4 nitrogen and oxygen atoms in total. The second-order valence-corrected chi connectivity index (χ2v) is 4.35. The van der Waals surface area contributed by atoms with Crippen LogP contribution in [-0.2, 0) is 7.05 Å². The van der Waals surface area contributed by atoms with Crippen LogP contribution in [0, 0.1) is 6.92 Å². The summed E-state index contributed by atoms with van der Waals surface area (Å²) < 4.78 is 7.15. The van der Waals surface area contributed by atoms with E-state index in [1.807, 2.05) is 18.5 Å². The van der Waals surface area contributed by atoms with E-state index in [4.69, 9.17) is 16.3 Å². The molecule has 18 heavy (non-hydrogen) atoms. The summed E-state index contributed by atoms with van der Waals surface area (Å²) in [6, 6.07) is 5.28. The minimum atomic E-state index is 0.385. The fourth-order valence-corrected chi connectivity index (χ4v) is 2.07. The summed E-state index contributed by atoms with van der Waals surface area (Å²) in [6.45, 7) is 1.84. The van der Waals surface area contributed by atoms with Gasteiger partial charge in [0.1, 0.15) is 17.3 Å². The lowest BCUT2D eigenvalue weighted by molar-refractivity contribution is 0.112. The van der Waals surface area contributed by atoms with Crippen molar-refractivity contribution in [2.24, 2.45) is 7.05 Å². The Kier molecular flexibility index (Phi) is 3.39. The summed E-state index contributed by atoms with van der Waals surface area (Å²) in [4.78, 5) is 15.3. The lowest BCUT2D eigenvalue weighted by Gasteiger charge is -2.10. The number of carbonyl (C=O) groups excluding carboxylic acids is 1. The second kappa shape index (κ2) is 4.82. The van der Waals surface area contributed by atoms with Gasteiger partial charge in [-0.15, -0.1) is 0 Å². The van der Waals surface area contributed by atoms with Crippen molar-refractivity contribution in [1.29, 1.82) is 0 Å². The highest BCUT2D eigenvalue weighted by atomic mass is 35.5. The van der Waals surface area contributed by atoms with Gasteiger partial charge in [-0.25, -0.2) is 4.98 Å². The molecule has 0 spiro atoms. The van der Waals surface area contributed by atoms with E-state index in [-0.39, 0.29) is 0 Å². The first-order chi connectivity index (χ1) is 8.58. The summed E-state index contributed by atoms with van der Waals surface area (Å²) in [5.74, 6) is 1.42. The zero-order chi connectivity index (χ0) is 13.3. The summed E-state index contributed by atoms with van der Waals surface area (Å²) in [6.07, 6.45) is 0.739. The van der Waals surface area contributed by atoms with Crippen molar-refractivity contribution in [2.45, 2.75) is 6.92 Å². The maximum absolute atomic E-state index is 11.1. The molecule has 0 fully saturated rings. The predicted octanol–water partition coefficient (Wildman–Crippen LogP) is 2.87. The number of benzene rings is 1. The van der Waals surface area contributed by atoms with Gasteiger partial charge in [-0.3, -0.25) is 4.79 Å². The first-order valence-electron chi connectivity index (χ1n) is 5.41. The Hall–Kier alpha value is -1.81. The van der Waals surface area contributed by atoms with Crippen molar-refractivity contribution >= 4 is 17.9 Å². The number of methoxy groups -OCH3 is 1. The molecule has 0 atom stereocenters. The molecule has 94 valence electrons. The largest absolute Gasteiger partial charge is 0.496 e. The minimum Gasteiger partial charge on any atom is -0.496 e. The average Bonchev–Trinajstić information content (AvgIpc) is 2.65. The van der Waals surface area contributed by atoms with E-state index in [1.54, 1.807) is 25.3 Å². The number of ether oxygens (including phenoxy) is 1. The number of carbonyl (C=O) groups is 1. The molecule has 2 rings (SSSR count). The monoisotopic (exact) mass is 264 g/mol. The van der Waals surface area contributed by atoms with Gasteiger partial charge in [0.2, 0.25) is 0 Å². The molecular formula is C13H13ClN2O2. The molecule has 0 unspecified atom stereocenters. The van der Waals surface area contributed by atoms with Gasteiger partial charge < -0.3 is 9.30 Å². The summed E-state index contributed by atoms with van der Waals surface area (Å²) >= 11 is 6.00. The third-order valence-corrected chi connectivity index (χ3v) is 3.11. The second-order valence-electron chi connectivity index (χ2n) is 3.91. The Labute approximate surface area is 110 Å². The molecule has 0 bridgehead atoms. The number of aryl methyl sites for hydroxylation is 1. The normalized spacial score (nSPS) is 10.4. The quantitative estimate of drug-likeness (QED) is 0.801. The van der Waals surface area contributed by atoms with Gasteiger partial charge in [0, 0.05) is 17.6 Å². The SMILES string of the molecule is COc1ccc(Cl)cc1-c1c(C=O)nc(C)n1C. The highest BCUT2D eigenvalue weighted by Crippen LogP contribution is 2.34. The molecular weight excluding hydrogens is 252 g/mol. The number of hydrogen-bond donors (Lipinski definition) is 0. The third kappa shape index (κ3) is 1.99. The molecule has 2 aromatic rings. The Balaban J connectivity index is 2.75. The molecule has 5 heteroatoms. The summed E-state index contributed by atoms with van der Waals surface area (Å²) in [5.41, 5.74) is 1.85. The van der Waals surface area contributed by atoms with Crippen LogP contribution in [0.25, 0.3) is 11.3 Å². The van der Waals surface area contributed by atoms with Crippen molar-refractivity contribution in [3.05, 3.63) is 34.7 Å². The van der Waals surface area contributed by atoms with Gasteiger partial charge in [-0.1, -0.05) is 11.6 Å². The van der Waals surface area contributed by atoms with Crippen LogP contribution in [0.1, 0.15) is 16.3 Å². The van der Waals surface area contributed by atoms with E-state index in [0.29, 0.717) is 22.2 Å². The molecule has 0 saturated carbocycles. The molecule has 1 aromatic carbocycles. The van der Waals surface area contributed by atoms with Crippen LogP contribution in [0.3, 0.4) is 0 Å². The molecule has 1 heterocycles. The molecule has 0 aliphatic rings. The van der Waals surface area contributed by atoms with Gasteiger partial charge in [0.25, 0.3) is 0 Å². The Morgan fingerprint density at radius 1 is 1.44 bits per heavy atom. The van der Waals surface area contributed by atoms with E-state index >= 15 is 0 Å². The molecule has 0 saturated heterocycles. The molecule has 0 radical (unpaired) electrons. The van der Waals surface area contributed by atoms with Crippen LogP contribution in [0.15, 0.2) is 18.2 Å². The van der Waals surface area contributed by atoms with Gasteiger partial charge >= 0.3 is 0 Å². The first-order valence-corrected chi connectivity index (χ1v) is 5.78.